The number of hydrogen-bond donors (Lipinski definition) is 3. The Hall–Kier alpha value is -2.17. The van der Waals surface area contributed by atoms with Gasteiger partial charge in [-0.15, -0.1) is 0 Å². The van der Waals surface area contributed by atoms with Gasteiger partial charge in [-0.1, -0.05) is 23.7 Å². The number of urea groups is 1. The third-order valence-corrected chi connectivity index (χ3v) is 7.35. The number of likely N-dealkylation sites (N-methyl/N-ethyl adjacent to an activating group) is 1. The number of alkyl halides is 2. The van der Waals surface area contributed by atoms with Crippen molar-refractivity contribution in [3.8, 4) is 0 Å². The highest BCUT2D eigenvalue weighted by Gasteiger charge is 2.36. The van der Waals surface area contributed by atoms with Gasteiger partial charge in [0.05, 0.1) is 19.8 Å². The molecule has 1 saturated heterocycles. The maximum Gasteiger partial charge on any atom is 0.406 e. The Balaban J connectivity index is 1.62. The molecule has 2 aliphatic rings. The number of amides is 3. The van der Waals surface area contributed by atoms with E-state index in [2.05, 4.69) is 20.7 Å². The molecule has 6 atom stereocenters. The molecular weight excluding hydrogens is 506 g/mol. The summed E-state index contributed by atoms with van der Waals surface area (Å²) in [4.78, 5) is 26.4. The van der Waals surface area contributed by atoms with Crippen LogP contribution in [0.15, 0.2) is 24.3 Å². The lowest BCUT2D eigenvalue weighted by Gasteiger charge is -2.38. The van der Waals surface area contributed by atoms with Crippen LogP contribution in [0.4, 0.5) is 18.4 Å². The average molecular weight is 545 g/mol. The maximum absolute atomic E-state index is 13.7. The number of nitrogens with zero attached hydrogens (tertiary/aromatic N) is 1. The number of rotatable bonds is 11. The third kappa shape index (κ3) is 8.97. The number of methoxy groups -OCH3 is 1. The summed E-state index contributed by atoms with van der Waals surface area (Å²) < 4.78 is 38.2. The number of benzene rings is 1. The van der Waals surface area contributed by atoms with E-state index >= 15 is 0 Å². The predicted octanol–water partition coefficient (Wildman–Crippen LogP) is 4.24. The van der Waals surface area contributed by atoms with Crippen LogP contribution in [0, 0.1) is 11.8 Å². The molecule has 1 aromatic rings. The lowest BCUT2D eigenvalue weighted by molar-refractivity contribution is -0.00864. The van der Waals surface area contributed by atoms with Crippen molar-refractivity contribution >= 4 is 23.7 Å². The fraction of sp³-hybridized carbons (Fsp3) is 0.692. The second kappa shape index (κ2) is 14.7. The van der Waals surface area contributed by atoms with Crippen molar-refractivity contribution in [3.05, 3.63) is 34.9 Å². The molecule has 208 valence electrons. The molecule has 37 heavy (non-hydrogen) atoms. The summed E-state index contributed by atoms with van der Waals surface area (Å²) in [5, 5.41) is 9.36. The SMILES string of the molecule is CNC[C@H](C[C@@H]1C[C@@H](F)[C@@H](F)C1)NC(=O)N1CCC[C@@H]([C@@H](OCCNC(=O)OC)c2cccc(Cl)c2)C1. The topological polar surface area (TPSA) is 91.9 Å². The fourth-order valence-electron chi connectivity index (χ4n) is 5.37. The molecule has 0 unspecified atom stereocenters. The average Bonchev–Trinajstić information content (AvgIpc) is 3.20. The van der Waals surface area contributed by atoms with E-state index in [0.717, 1.165) is 18.4 Å². The van der Waals surface area contributed by atoms with Crippen LogP contribution in [-0.2, 0) is 9.47 Å². The first kappa shape index (κ1) is 29.4. The maximum atomic E-state index is 13.7. The largest absolute Gasteiger partial charge is 0.453 e. The lowest BCUT2D eigenvalue weighted by Crippen LogP contribution is -2.51. The number of ether oxygens (including phenoxy) is 2. The van der Waals surface area contributed by atoms with Crippen LogP contribution < -0.4 is 16.0 Å². The van der Waals surface area contributed by atoms with E-state index in [9.17, 15) is 18.4 Å². The van der Waals surface area contributed by atoms with Crippen molar-refractivity contribution in [2.24, 2.45) is 11.8 Å². The Morgan fingerprint density at radius 2 is 2.00 bits per heavy atom. The minimum absolute atomic E-state index is 0.0215. The molecule has 1 heterocycles. The Morgan fingerprint density at radius 3 is 2.68 bits per heavy atom. The molecule has 0 radical (unpaired) electrons. The molecule has 11 heteroatoms. The van der Waals surface area contributed by atoms with E-state index in [1.54, 1.807) is 18.0 Å². The Labute approximate surface area is 222 Å². The van der Waals surface area contributed by atoms with Crippen LogP contribution in [0.25, 0.3) is 0 Å². The highest BCUT2D eigenvalue weighted by Crippen LogP contribution is 2.35. The first-order valence-corrected chi connectivity index (χ1v) is 13.4. The van der Waals surface area contributed by atoms with Crippen molar-refractivity contribution < 1.29 is 27.8 Å². The van der Waals surface area contributed by atoms with Gasteiger partial charge in [0.15, 0.2) is 0 Å². The van der Waals surface area contributed by atoms with E-state index in [1.165, 1.54) is 7.11 Å². The van der Waals surface area contributed by atoms with Gasteiger partial charge in [0, 0.05) is 43.2 Å². The highest BCUT2D eigenvalue weighted by atomic mass is 35.5. The van der Waals surface area contributed by atoms with Gasteiger partial charge in [-0.25, -0.2) is 18.4 Å². The van der Waals surface area contributed by atoms with Gasteiger partial charge in [0.2, 0.25) is 0 Å². The first-order valence-electron chi connectivity index (χ1n) is 13.0. The zero-order valence-corrected chi connectivity index (χ0v) is 22.3. The zero-order valence-electron chi connectivity index (χ0n) is 21.6. The smallest absolute Gasteiger partial charge is 0.406 e. The van der Waals surface area contributed by atoms with Gasteiger partial charge in [-0.05, 0) is 62.8 Å². The third-order valence-electron chi connectivity index (χ3n) is 7.11. The second-order valence-electron chi connectivity index (χ2n) is 9.92. The summed E-state index contributed by atoms with van der Waals surface area (Å²) in [5.41, 5.74) is 0.911. The number of nitrogens with one attached hydrogen (secondary N) is 3. The van der Waals surface area contributed by atoms with E-state index in [4.69, 9.17) is 16.3 Å². The number of carbonyl (C=O) groups excluding carboxylic acids is 2. The van der Waals surface area contributed by atoms with Crippen LogP contribution in [-0.4, -0.2) is 82.4 Å². The molecule has 1 saturated carbocycles. The number of carbonyl (C=O) groups is 2. The number of hydrogen-bond acceptors (Lipinski definition) is 5. The Morgan fingerprint density at radius 1 is 1.24 bits per heavy atom. The lowest BCUT2D eigenvalue weighted by atomic mass is 9.88. The molecule has 1 aromatic carbocycles. The van der Waals surface area contributed by atoms with E-state index < -0.39 is 18.4 Å². The Bertz CT molecular complexity index is 873. The van der Waals surface area contributed by atoms with E-state index in [-0.39, 0.29) is 56.0 Å². The molecular formula is C26H39ClF2N4O4. The molecule has 8 nitrogen and oxygen atoms in total. The van der Waals surface area contributed by atoms with Crippen LogP contribution in [0.2, 0.25) is 5.02 Å². The van der Waals surface area contributed by atoms with Crippen molar-refractivity contribution in [1.82, 2.24) is 20.9 Å². The minimum atomic E-state index is -1.41. The molecule has 0 bridgehead atoms. The van der Waals surface area contributed by atoms with Crippen LogP contribution >= 0.6 is 11.6 Å². The second-order valence-corrected chi connectivity index (χ2v) is 10.4. The van der Waals surface area contributed by atoms with E-state index in [1.807, 2.05) is 18.2 Å². The summed E-state index contributed by atoms with van der Waals surface area (Å²) >= 11 is 6.25. The molecule has 2 fully saturated rings. The summed E-state index contributed by atoms with van der Waals surface area (Å²) in [6.07, 6.45) is -1.06. The molecule has 1 aliphatic carbocycles. The Kier molecular flexibility index (Phi) is 11.7. The zero-order chi connectivity index (χ0) is 26.8. The van der Waals surface area contributed by atoms with Gasteiger partial charge in [-0.2, -0.15) is 0 Å². The molecule has 0 aromatic heterocycles. The van der Waals surface area contributed by atoms with Crippen LogP contribution in [0.3, 0.4) is 0 Å². The van der Waals surface area contributed by atoms with Crippen molar-refractivity contribution in [2.75, 3.05) is 46.9 Å². The standard InChI is InChI=1S/C26H39ClF2N4O4/c1-30-15-21(11-17-12-22(28)23(29)13-17)32-25(34)33-9-4-6-19(16-33)24(18-5-3-7-20(27)14-18)37-10-8-31-26(35)36-2/h3,5,7,14,17,19,21-24,30H,4,6,8-13,15-16H2,1-2H3,(H,31,35)(H,32,34)/t17-,19-,21+,22-,23+,24+/m1/s1. The van der Waals surface area contributed by atoms with Gasteiger partial charge < -0.3 is 30.3 Å². The molecule has 3 N–H and O–H groups in total. The monoisotopic (exact) mass is 544 g/mol. The fourth-order valence-corrected chi connectivity index (χ4v) is 5.57. The molecule has 1 aliphatic heterocycles. The summed E-state index contributed by atoms with van der Waals surface area (Å²) in [5.74, 6) is -0.0646. The molecule has 3 rings (SSSR count). The summed E-state index contributed by atoms with van der Waals surface area (Å²) in [6.45, 7) is 2.18. The number of piperidine rings is 1. The van der Waals surface area contributed by atoms with Gasteiger partial charge >= 0.3 is 12.1 Å². The molecule has 3 amide bonds. The van der Waals surface area contributed by atoms with Crippen molar-refractivity contribution in [3.63, 3.8) is 0 Å². The molecule has 0 spiro atoms. The summed E-state index contributed by atoms with van der Waals surface area (Å²) in [6, 6.07) is 7.07. The van der Waals surface area contributed by atoms with Crippen molar-refractivity contribution in [2.45, 2.75) is 56.6 Å². The van der Waals surface area contributed by atoms with Crippen molar-refractivity contribution in [1.29, 1.82) is 0 Å². The number of halogens is 3. The van der Waals surface area contributed by atoms with E-state index in [0.29, 0.717) is 31.1 Å². The quantitative estimate of drug-likeness (QED) is 0.362. The first-order chi connectivity index (χ1) is 17.8. The van der Waals surface area contributed by atoms with Crippen LogP contribution in [0.1, 0.15) is 43.8 Å². The highest BCUT2D eigenvalue weighted by molar-refractivity contribution is 6.30. The van der Waals surface area contributed by atoms with Gasteiger partial charge in [0.1, 0.15) is 12.3 Å². The summed E-state index contributed by atoms with van der Waals surface area (Å²) in [7, 11) is 3.10. The number of alkyl carbamates (subject to hydrolysis) is 1. The van der Waals surface area contributed by atoms with Gasteiger partial charge in [-0.3, -0.25) is 0 Å². The number of likely N-dealkylation sites (tertiary alicyclic amines) is 1. The predicted molar refractivity (Wildman–Crippen MR) is 138 cm³/mol. The van der Waals surface area contributed by atoms with Gasteiger partial charge in [0.25, 0.3) is 0 Å². The normalized spacial score (nSPS) is 25.4. The minimum Gasteiger partial charge on any atom is -0.453 e. The van der Waals surface area contributed by atoms with Crippen LogP contribution in [0.5, 0.6) is 0 Å².